The molecule has 3 aromatic rings. The first-order valence-corrected chi connectivity index (χ1v) is 9.34. The van der Waals surface area contributed by atoms with Crippen molar-refractivity contribution in [1.82, 2.24) is 9.97 Å². The molecule has 4 rings (SSSR count). The van der Waals surface area contributed by atoms with E-state index in [0.717, 1.165) is 11.3 Å². The van der Waals surface area contributed by atoms with Gasteiger partial charge < -0.3 is 30.5 Å². The third-order valence-electron chi connectivity index (χ3n) is 4.64. The molecule has 8 nitrogen and oxygen atoms in total. The van der Waals surface area contributed by atoms with Crippen LogP contribution in [0.5, 0.6) is 11.5 Å². The Labute approximate surface area is 168 Å². The summed E-state index contributed by atoms with van der Waals surface area (Å²) in [6.45, 7) is 2.70. The summed E-state index contributed by atoms with van der Waals surface area (Å²) in [5, 5.41) is 13.2. The van der Waals surface area contributed by atoms with E-state index in [2.05, 4.69) is 10.2 Å². The molecule has 0 atom stereocenters. The predicted octanol–water partition coefficient (Wildman–Crippen LogP) is 3.02. The zero-order chi connectivity index (χ0) is 20.2. The summed E-state index contributed by atoms with van der Waals surface area (Å²) in [6, 6.07) is 14.2. The fourth-order valence-corrected chi connectivity index (χ4v) is 3.17. The average molecular weight is 393 g/mol. The molecule has 0 aliphatic carbocycles. The number of nitrogens with two attached hydrogens (primary N) is 1. The Hall–Kier alpha value is -3.52. The molecule has 1 saturated heterocycles. The molecule has 2 heterocycles. The highest BCUT2D eigenvalue weighted by molar-refractivity contribution is 5.72. The number of nitrogens with zero attached hydrogens (tertiary/aromatic N) is 3. The van der Waals surface area contributed by atoms with Crippen molar-refractivity contribution in [2.24, 2.45) is 0 Å². The number of aromatic hydroxyl groups is 1. The van der Waals surface area contributed by atoms with E-state index in [4.69, 9.17) is 25.2 Å². The lowest BCUT2D eigenvalue weighted by molar-refractivity contribution is 0.122. The number of hydrogen-bond acceptors (Lipinski definition) is 8. The number of aromatic nitrogens is 2. The number of rotatable bonds is 5. The number of methoxy groups -OCH3 is 1. The van der Waals surface area contributed by atoms with Gasteiger partial charge in [0.05, 0.1) is 31.7 Å². The van der Waals surface area contributed by atoms with Crippen LogP contribution in [0.15, 0.2) is 48.5 Å². The number of ether oxygens (including phenoxy) is 2. The highest BCUT2D eigenvalue weighted by atomic mass is 16.5. The quantitative estimate of drug-likeness (QED) is 0.568. The Kier molecular flexibility index (Phi) is 5.35. The minimum Gasteiger partial charge on any atom is -0.508 e. The van der Waals surface area contributed by atoms with Gasteiger partial charge in [-0.05, 0) is 24.3 Å². The Morgan fingerprint density at radius 3 is 2.69 bits per heavy atom. The predicted molar refractivity (Wildman–Crippen MR) is 113 cm³/mol. The van der Waals surface area contributed by atoms with E-state index >= 15 is 0 Å². The van der Waals surface area contributed by atoms with Crippen LogP contribution in [-0.4, -0.2) is 48.5 Å². The summed E-state index contributed by atoms with van der Waals surface area (Å²) in [5.41, 5.74) is 8.72. The average Bonchev–Trinajstić information content (AvgIpc) is 2.75. The zero-order valence-electron chi connectivity index (χ0n) is 16.1. The van der Waals surface area contributed by atoms with Gasteiger partial charge in [0.2, 0.25) is 5.95 Å². The number of phenols is 1. The Morgan fingerprint density at radius 1 is 1.10 bits per heavy atom. The fraction of sp³-hybridized carbons (Fsp3) is 0.238. The second kappa shape index (κ2) is 8.24. The molecule has 1 aliphatic rings. The SMILES string of the molecule is COc1cc(N)ccc1Nc1cc(-c2cccc(O)c2)nc(N2CCOCC2)n1. The van der Waals surface area contributed by atoms with Crippen LogP contribution in [0.25, 0.3) is 11.3 Å². The number of hydrogen-bond donors (Lipinski definition) is 3. The highest BCUT2D eigenvalue weighted by Crippen LogP contribution is 2.31. The molecule has 0 spiro atoms. The minimum atomic E-state index is 0.184. The summed E-state index contributed by atoms with van der Waals surface area (Å²) in [6.07, 6.45) is 0. The van der Waals surface area contributed by atoms with Gasteiger partial charge in [-0.25, -0.2) is 4.98 Å². The topological polar surface area (TPSA) is 106 Å². The van der Waals surface area contributed by atoms with Crippen molar-refractivity contribution in [3.63, 3.8) is 0 Å². The number of morpholine rings is 1. The number of benzene rings is 2. The van der Waals surface area contributed by atoms with Crippen molar-refractivity contribution in [3.8, 4) is 22.8 Å². The lowest BCUT2D eigenvalue weighted by Gasteiger charge is -2.27. The third kappa shape index (κ3) is 4.33. The standard InChI is InChI=1S/C21H23N5O3/c1-28-19-12-15(22)5-6-17(19)23-20-13-18(14-3-2-4-16(27)11-14)24-21(25-20)26-7-9-29-10-8-26/h2-6,11-13,27H,7-10,22H2,1H3,(H,23,24,25). The molecule has 0 unspecified atom stereocenters. The van der Waals surface area contributed by atoms with E-state index in [0.29, 0.717) is 55.2 Å². The maximum atomic E-state index is 9.88. The molecule has 2 aromatic carbocycles. The van der Waals surface area contributed by atoms with Crippen LogP contribution < -0.4 is 20.7 Å². The van der Waals surface area contributed by atoms with Crippen LogP contribution >= 0.6 is 0 Å². The summed E-state index contributed by atoms with van der Waals surface area (Å²) >= 11 is 0. The van der Waals surface area contributed by atoms with E-state index in [1.807, 2.05) is 18.2 Å². The summed E-state index contributed by atoms with van der Waals surface area (Å²) < 4.78 is 10.9. The first kappa shape index (κ1) is 18.8. The van der Waals surface area contributed by atoms with Crippen molar-refractivity contribution < 1.29 is 14.6 Å². The number of nitrogen functional groups attached to an aromatic ring is 1. The van der Waals surface area contributed by atoms with Crippen molar-refractivity contribution in [1.29, 1.82) is 0 Å². The van der Waals surface area contributed by atoms with E-state index in [-0.39, 0.29) is 5.75 Å². The number of anilines is 4. The van der Waals surface area contributed by atoms with Crippen molar-refractivity contribution in [2.45, 2.75) is 0 Å². The highest BCUT2D eigenvalue weighted by Gasteiger charge is 2.17. The van der Waals surface area contributed by atoms with Crippen molar-refractivity contribution in [3.05, 3.63) is 48.5 Å². The molecule has 29 heavy (non-hydrogen) atoms. The molecule has 1 aromatic heterocycles. The van der Waals surface area contributed by atoms with Gasteiger partial charge in [0.15, 0.2) is 0 Å². The smallest absolute Gasteiger partial charge is 0.228 e. The van der Waals surface area contributed by atoms with Gasteiger partial charge in [-0.2, -0.15) is 4.98 Å². The zero-order valence-corrected chi connectivity index (χ0v) is 16.1. The van der Waals surface area contributed by atoms with Gasteiger partial charge in [0, 0.05) is 36.5 Å². The molecule has 0 amide bonds. The van der Waals surface area contributed by atoms with Crippen LogP contribution in [0.4, 0.5) is 23.1 Å². The largest absolute Gasteiger partial charge is 0.508 e. The van der Waals surface area contributed by atoms with Gasteiger partial charge in [0.1, 0.15) is 17.3 Å². The minimum absolute atomic E-state index is 0.184. The Balaban J connectivity index is 1.75. The van der Waals surface area contributed by atoms with Crippen molar-refractivity contribution >= 4 is 23.1 Å². The molecule has 0 bridgehead atoms. The lowest BCUT2D eigenvalue weighted by Crippen LogP contribution is -2.37. The first-order valence-electron chi connectivity index (χ1n) is 9.34. The normalized spacial score (nSPS) is 13.9. The third-order valence-corrected chi connectivity index (χ3v) is 4.64. The van der Waals surface area contributed by atoms with Gasteiger partial charge in [-0.1, -0.05) is 12.1 Å². The number of phenolic OH excluding ortho intramolecular Hbond substituents is 1. The van der Waals surface area contributed by atoms with Crippen LogP contribution in [0.3, 0.4) is 0 Å². The first-order chi connectivity index (χ1) is 14.1. The maximum Gasteiger partial charge on any atom is 0.228 e. The molecule has 1 aliphatic heterocycles. The molecule has 0 saturated carbocycles. The molecular formula is C21H23N5O3. The van der Waals surface area contributed by atoms with Gasteiger partial charge >= 0.3 is 0 Å². The number of nitrogens with one attached hydrogen (secondary N) is 1. The van der Waals surface area contributed by atoms with Crippen molar-refractivity contribution in [2.75, 3.05) is 49.4 Å². The molecule has 8 heteroatoms. The van der Waals surface area contributed by atoms with E-state index in [1.54, 1.807) is 37.4 Å². The van der Waals surface area contributed by atoms with Gasteiger partial charge in [-0.15, -0.1) is 0 Å². The molecular weight excluding hydrogens is 370 g/mol. The van der Waals surface area contributed by atoms with E-state index in [9.17, 15) is 5.11 Å². The lowest BCUT2D eigenvalue weighted by atomic mass is 10.1. The fourth-order valence-electron chi connectivity index (χ4n) is 3.17. The second-order valence-corrected chi connectivity index (χ2v) is 6.67. The second-order valence-electron chi connectivity index (χ2n) is 6.67. The molecule has 1 fully saturated rings. The van der Waals surface area contributed by atoms with Gasteiger partial charge in [0.25, 0.3) is 0 Å². The summed E-state index contributed by atoms with van der Waals surface area (Å²) in [7, 11) is 1.59. The summed E-state index contributed by atoms with van der Waals surface area (Å²) in [4.78, 5) is 11.5. The monoisotopic (exact) mass is 393 g/mol. The van der Waals surface area contributed by atoms with Crippen LogP contribution in [0.1, 0.15) is 0 Å². The maximum absolute atomic E-state index is 9.88. The molecule has 4 N–H and O–H groups in total. The molecule has 150 valence electrons. The van der Waals surface area contributed by atoms with Gasteiger partial charge in [-0.3, -0.25) is 0 Å². The van der Waals surface area contributed by atoms with E-state index < -0.39 is 0 Å². The summed E-state index contributed by atoms with van der Waals surface area (Å²) in [5.74, 6) is 2.02. The van der Waals surface area contributed by atoms with Crippen LogP contribution in [-0.2, 0) is 4.74 Å². The van der Waals surface area contributed by atoms with E-state index in [1.165, 1.54) is 0 Å². The Morgan fingerprint density at radius 2 is 1.93 bits per heavy atom. The van der Waals surface area contributed by atoms with Crippen LogP contribution in [0, 0.1) is 0 Å². The molecule has 0 radical (unpaired) electrons. The Bertz CT molecular complexity index is 1010. The van der Waals surface area contributed by atoms with Crippen LogP contribution in [0.2, 0.25) is 0 Å².